The molecule has 0 saturated carbocycles. The SMILES string of the molecule is O=C(OCC(=O)N1CCCC1c1cccs1)c1nc(-c2cccs2)n(-c2ccc(F)cc2)n1. The number of likely N-dealkylation sites (tertiary alicyclic amines) is 1. The Morgan fingerprint density at radius 1 is 1.09 bits per heavy atom. The van der Waals surface area contributed by atoms with Crippen LogP contribution >= 0.6 is 22.7 Å². The van der Waals surface area contributed by atoms with Crippen molar-refractivity contribution in [3.8, 4) is 16.4 Å². The van der Waals surface area contributed by atoms with Crippen molar-refractivity contribution >= 4 is 34.6 Å². The minimum absolute atomic E-state index is 0.0254. The van der Waals surface area contributed by atoms with Gasteiger partial charge in [0.25, 0.3) is 11.7 Å². The van der Waals surface area contributed by atoms with Gasteiger partial charge in [0.05, 0.1) is 16.6 Å². The summed E-state index contributed by atoms with van der Waals surface area (Å²) in [5.74, 6) is -1.12. The molecule has 1 saturated heterocycles. The predicted octanol–water partition coefficient (Wildman–Crippen LogP) is 4.72. The summed E-state index contributed by atoms with van der Waals surface area (Å²) in [6.07, 6.45) is 1.81. The van der Waals surface area contributed by atoms with Crippen LogP contribution in [-0.2, 0) is 9.53 Å². The first-order valence-corrected chi connectivity index (χ1v) is 12.1. The lowest BCUT2D eigenvalue weighted by Crippen LogP contribution is -2.34. The van der Waals surface area contributed by atoms with Crippen LogP contribution in [0.3, 0.4) is 0 Å². The Balaban J connectivity index is 1.33. The standard InChI is InChI=1S/C23H19FN4O3S2/c24-15-7-9-16(10-8-15)28-22(19-6-3-13-33-19)25-21(26-28)23(30)31-14-20(29)27-11-1-4-17(27)18-5-2-12-32-18/h2-3,5-10,12-13,17H,1,4,11,14H2. The van der Waals surface area contributed by atoms with Gasteiger partial charge in [0.2, 0.25) is 0 Å². The molecule has 1 amide bonds. The summed E-state index contributed by atoms with van der Waals surface area (Å²) in [7, 11) is 0. The van der Waals surface area contributed by atoms with Crippen molar-refractivity contribution in [2.45, 2.75) is 18.9 Å². The van der Waals surface area contributed by atoms with Crippen molar-refractivity contribution in [1.29, 1.82) is 0 Å². The highest BCUT2D eigenvalue weighted by atomic mass is 32.1. The number of benzene rings is 1. The molecule has 0 spiro atoms. The number of halogens is 1. The van der Waals surface area contributed by atoms with Crippen LogP contribution in [0.5, 0.6) is 0 Å². The molecule has 4 aromatic rings. The van der Waals surface area contributed by atoms with Crippen LogP contribution in [-0.4, -0.2) is 44.7 Å². The lowest BCUT2D eigenvalue weighted by atomic mass is 10.2. The molecule has 5 rings (SSSR count). The first-order chi connectivity index (χ1) is 16.1. The third-order valence-electron chi connectivity index (χ3n) is 5.37. The fourth-order valence-electron chi connectivity index (χ4n) is 3.84. The number of ether oxygens (including phenoxy) is 1. The Labute approximate surface area is 197 Å². The Bertz CT molecular complexity index is 1250. The summed E-state index contributed by atoms with van der Waals surface area (Å²) in [5.41, 5.74) is 0.554. The van der Waals surface area contributed by atoms with Crippen LogP contribution in [0.1, 0.15) is 34.4 Å². The molecule has 1 aliphatic heterocycles. The molecular weight excluding hydrogens is 463 g/mol. The number of carbonyl (C=O) groups is 2. The van der Waals surface area contributed by atoms with Gasteiger partial charge in [-0.05, 0) is 60.0 Å². The van der Waals surface area contributed by atoms with Gasteiger partial charge in [-0.2, -0.15) is 4.98 Å². The van der Waals surface area contributed by atoms with Crippen molar-refractivity contribution in [1.82, 2.24) is 19.7 Å². The van der Waals surface area contributed by atoms with Crippen LogP contribution in [0.2, 0.25) is 0 Å². The van der Waals surface area contributed by atoms with Gasteiger partial charge in [0, 0.05) is 11.4 Å². The van der Waals surface area contributed by atoms with Crippen LogP contribution < -0.4 is 0 Å². The van der Waals surface area contributed by atoms with E-state index in [-0.39, 0.29) is 30.2 Å². The summed E-state index contributed by atoms with van der Waals surface area (Å²) in [6.45, 7) is 0.263. The van der Waals surface area contributed by atoms with Gasteiger partial charge in [0.15, 0.2) is 12.4 Å². The molecule has 0 radical (unpaired) electrons. The van der Waals surface area contributed by atoms with E-state index in [1.54, 1.807) is 28.4 Å². The van der Waals surface area contributed by atoms with Crippen LogP contribution in [0.4, 0.5) is 4.39 Å². The number of thiophene rings is 2. The molecule has 33 heavy (non-hydrogen) atoms. The average Bonchev–Trinajstić information content (AvgIpc) is 3.63. The third kappa shape index (κ3) is 4.44. The number of rotatable bonds is 6. The molecule has 0 bridgehead atoms. The minimum Gasteiger partial charge on any atom is -0.450 e. The normalized spacial score (nSPS) is 15.7. The topological polar surface area (TPSA) is 77.3 Å². The quantitative estimate of drug-likeness (QED) is 0.372. The molecule has 0 N–H and O–H groups in total. The van der Waals surface area contributed by atoms with Gasteiger partial charge in [-0.1, -0.05) is 12.1 Å². The highest BCUT2D eigenvalue weighted by Crippen LogP contribution is 2.34. The summed E-state index contributed by atoms with van der Waals surface area (Å²) >= 11 is 3.06. The maximum atomic E-state index is 13.4. The summed E-state index contributed by atoms with van der Waals surface area (Å²) in [4.78, 5) is 33.5. The Morgan fingerprint density at radius 3 is 2.61 bits per heavy atom. The van der Waals surface area contributed by atoms with E-state index in [1.165, 1.54) is 28.2 Å². The first kappa shape index (κ1) is 21.5. The zero-order chi connectivity index (χ0) is 22.8. The second-order valence-electron chi connectivity index (χ2n) is 7.46. The average molecular weight is 483 g/mol. The second kappa shape index (κ2) is 9.24. The molecule has 3 aromatic heterocycles. The number of esters is 1. The number of carbonyl (C=O) groups excluding carboxylic acids is 2. The fourth-order valence-corrected chi connectivity index (χ4v) is 5.41. The molecule has 1 unspecified atom stereocenters. The zero-order valence-corrected chi connectivity index (χ0v) is 19.0. The molecule has 7 nitrogen and oxygen atoms in total. The Hall–Kier alpha value is -3.37. The summed E-state index contributed by atoms with van der Waals surface area (Å²) in [5, 5.41) is 8.16. The largest absolute Gasteiger partial charge is 0.450 e. The van der Waals surface area contributed by atoms with Crippen molar-refractivity contribution in [2.24, 2.45) is 0 Å². The van der Waals surface area contributed by atoms with Gasteiger partial charge < -0.3 is 9.64 Å². The van der Waals surface area contributed by atoms with Gasteiger partial charge in [0.1, 0.15) is 5.82 Å². The highest BCUT2D eigenvalue weighted by molar-refractivity contribution is 7.13. The van der Waals surface area contributed by atoms with E-state index in [2.05, 4.69) is 10.1 Å². The molecular formula is C23H19FN4O3S2. The van der Waals surface area contributed by atoms with E-state index < -0.39 is 5.97 Å². The van der Waals surface area contributed by atoms with Crippen molar-refractivity contribution in [3.63, 3.8) is 0 Å². The Kier molecular flexibility index (Phi) is 6.01. The molecule has 1 atom stereocenters. The van der Waals surface area contributed by atoms with Crippen LogP contribution in [0.25, 0.3) is 16.4 Å². The van der Waals surface area contributed by atoms with Gasteiger partial charge in [-0.25, -0.2) is 13.9 Å². The summed E-state index contributed by atoms with van der Waals surface area (Å²) in [6, 6.07) is 13.5. The number of hydrogen-bond donors (Lipinski definition) is 0. The van der Waals surface area contributed by atoms with Crippen molar-refractivity contribution in [2.75, 3.05) is 13.2 Å². The van der Waals surface area contributed by atoms with Gasteiger partial charge in [-0.3, -0.25) is 4.79 Å². The lowest BCUT2D eigenvalue weighted by molar-refractivity contribution is -0.135. The third-order valence-corrected chi connectivity index (χ3v) is 7.21. The van der Waals surface area contributed by atoms with E-state index in [0.29, 0.717) is 18.1 Å². The lowest BCUT2D eigenvalue weighted by Gasteiger charge is -2.23. The van der Waals surface area contributed by atoms with E-state index in [1.807, 2.05) is 35.0 Å². The minimum atomic E-state index is -0.783. The molecule has 0 aliphatic carbocycles. The molecule has 10 heteroatoms. The van der Waals surface area contributed by atoms with Crippen molar-refractivity contribution in [3.05, 3.63) is 75.8 Å². The maximum Gasteiger partial charge on any atom is 0.378 e. The zero-order valence-electron chi connectivity index (χ0n) is 17.4. The van der Waals surface area contributed by atoms with E-state index in [9.17, 15) is 14.0 Å². The monoisotopic (exact) mass is 482 g/mol. The van der Waals surface area contributed by atoms with E-state index in [0.717, 1.165) is 22.6 Å². The number of nitrogens with zero attached hydrogens (tertiary/aromatic N) is 4. The fraction of sp³-hybridized carbons (Fsp3) is 0.217. The van der Waals surface area contributed by atoms with E-state index >= 15 is 0 Å². The molecule has 4 heterocycles. The van der Waals surface area contributed by atoms with Gasteiger partial charge in [-0.15, -0.1) is 27.8 Å². The number of hydrogen-bond acceptors (Lipinski definition) is 7. The van der Waals surface area contributed by atoms with Crippen LogP contribution in [0.15, 0.2) is 59.3 Å². The highest BCUT2D eigenvalue weighted by Gasteiger charge is 2.31. The molecule has 1 aliphatic rings. The number of aromatic nitrogens is 3. The smallest absolute Gasteiger partial charge is 0.378 e. The first-order valence-electron chi connectivity index (χ1n) is 10.4. The second-order valence-corrected chi connectivity index (χ2v) is 9.39. The summed E-state index contributed by atoms with van der Waals surface area (Å²) < 4.78 is 20.1. The predicted molar refractivity (Wildman–Crippen MR) is 123 cm³/mol. The van der Waals surface area contributed by atoms with E-state index in [4.69, 9.17) is 4.74 Å². The molecule has 168 valence electrons. The van der Waals surface area contributed by atoms with Crippen LogP contribution in [0, 0.1) is 5.82 Å². The molecule has 1 fully saturated rings. The Morgan fingerprint density at radius 2 is 1.88 bits per heavy atom. The van der Waals surface area contributed by atoms with Gasteiger partial charge >= 0.3 is 5.97 Å². The van der Waals surface area contributed by atoms with Crippen molar-refractivity contribution < 1.29 is 18.7 Å². The molecule has 1 aromatic carbocycles. The number of amides is 1. The maximum absolute atomic E-state index is 13.4.